The van der Waals surface area contributed by atoms with Crippen LogP contribution in [0.3, 0.4) is 0 Å². The van der Waals surface area contributed by atoms with Crippen LogP contribution in [0.1, 0.15) is 15.8 Å². The molecule has 1 atom stereocenters. The van der Waals surface area contributed by atoms with Crippen LogP contribution in [-0.4, -0.2) is 37.3 Å². The van der Waals surface area contributed by atoms with Crippen LogP contribution < -0.4 is 5.32 Å². The Hall–Kier alpha value is -0.0100. The Morgan fingerprint density at radius 2 is 1.79 bits per heavy atom. The number of alkyl halides is 3. The number of nitrogens with one attached hydrogen (secondary N) is 1. The molecule has 8 heteroatoms. The highest BCUT2D eigenvalue weighted by Gasteiger charge is 2.45. The van der Waals surface area contributed by atoms with E-state index in [0.717, 1.165) is 4.88 Å². The molecule has 19 heavy (non-hydrogen) atoms. The fourth-order valence-corrected chi connectivity index (χ4v) is 3.13. The quantitative estimate of drug-likeness (QED) is 0.890. The summed E-state index contributed by atoms with van der Waals surface area (Å²) in [4.78, 5) is 2.84. The Kier molecular flexibility index (Phi) is 7.68. The van der Waals surface area contributed by atoms with Gasteiger partial charge in [0.15, 0.2) is 0 Å². The van der Waals surface area contributed by atoms with Gasteiger partial charge in [-0.3, -0.25) is 4.90 Å². The Morgan fingerprint density at radius 3 is 2.21 bits per heavy atom. The van der Waals surface area contributed by atoms with E-state index in [2.05, 4.69) is 5.32 Å². The zero-order valence-electron chi connectivity index (χ0n) is 10.4. The summed E-state index contributed by atoms with van der Waals surface area (Å²) in [6.07, 6.45) is -4.20. The van der Waals surface area contributed by atoms with E-state index in [-0.39, 0.29) is 24.8 Å². The van der Waals surface area contributed by atoms with Gasteiger partial charge < -0.3 is 5.32 Å². The topological polar surface area (TPSA) is 15.3 Å². The number of nitrogens with zero attached hydrogens (tertiary/aromatic N) is 1. The third-order valence-corrected chi connectivity index (χ3v) is 3.91. The van der Waals surface area contributed by atoms with Gasteiger partial charge in [-0.15, -0.1) is 36.2 Å². The fraction of sp³-hybridized carbons (Fsp3) is 0.636. The monoisotopic (exact) mass is 336 g/mol. The molecule has 1 aromatic heterocycles. The average Bonchev–Trinajstić information content (AvgIpc) is 2.64. The van der Waals surface area contributed by atoms with Gasteiger partial charge in [-0.05, 0) is 19.1 Å². The van der Waals surface area contributed by atoms with E-state index in [1.54, 1.807) is 12.1 Å². The van der Waals surface area contributed by atoms with Gasteiger partial charge in [0.2, 0.25) is 0 Å². The van der Waals surface area contributed by atoms with E-state index in [9.17, 15) is 13.2 Å². The minimum absolute atomic E-state index is 0. The third kappa shape index (κ3) is 4.79. The van der Waals surface area contributed by atoms with Crippen LogP contribution >= 0.6 is 36.2 Å². The maximum atomic E-state index is 13.1. The second kappa shape index (κ2) is 7.69. The highest BCUT2D eigenvalue weighted by Crippen LogP contribution is 2.40. The number of thiophene rings is 1. The van der Waals surface area contributed by atoms with Crippen molar-refractivity contribution in [3.05, 3.63) is 21.9 Å². The molecule has 1 aliphatic rings. The highest BCUT2D eigenvalue weighted by atomic mass is 35.5. The van der Waals surface area contributed by atoms with Crippen molar-refractivity contribution in [1.82, 2.24) is 10.2 Å². The summed E-state index contributed by atoms with van der Waals surface area (Å²) in [5.74, 6) is 0. The molecule has 1 aliphatic heterocycles. The molecule has 0 amide bonds. The predicted molar refractivity (Wildman–Crippen MR) is 76.8 cm³/mol. The fourth-order valence-electron chi connectivity index (χ4n) is 2.09. The Balaban J connectivity index is 0.00000162. The van der Waals surface area contributed by atoms with Crippen molar-refractivity contribution in [2.45, 2.75) is 19.1 Å². The molecule has 0 spiro atoms. The van der Waals surface area contributed by atoms with Crippen LogP contribution in [-0.2, 0) is 0 Å². The minimum Gasteiger partial charge on any atom is -0.314 e. The van der Waals surface area contributed by atoms with Crippen molar-refractivity contribution in [2.24, 2.45) is 0 Å². The van der Waals surface area contributed by atoms with Gasteiger partial charge in [-0.2, -0.15) is 13.2 Å². The molecule has 0 radical (unpaired) electrons. The Morgan fingerprint density at radius 1 is 1.21 bits per heavy atom. The smallest absolute Gasteiger partial charge is 0.314 e. The first-order chi connectivity index (χ1) is 7.98. The second-order valence-electron chi connectivity index (χ2n) is 4.18. The molecule has 2 heterocycles. The number of hydrogen-bond acceptors (Lipinski definition) is 3. The van der Waals surface area contributed by atoms with Crippen LogP contribution in [0.15, 0.2) is 12.1 Å². The van der Waals surface area contributed by atoms with Gasteiger partial charge >= 0.3 is 6.18 Å². The molecule has 0 bridgehead atoms. The van der Waals surface area contributed by atoms with Crippen LogP contribution in [0.5, 0.6) is 0 Å². The number of hydrogen-bond donors (Lipinski definition) is 1. The van der Waals surface area contributed by atoms with Crippen LogP contribution in [0.4, 0.5) is 13.2 Å². The van der Waals surface area contributed by atoms with E-state index >= 15 is 0 Å². The molecule has 2 nitrogen and oxygen atoms in total. The standard InChI is InChI=1S/C11H15F3N2S.2ClH/c1-8-2-3-9(17-8)10(11(12,13)14)16-6-4-15-5-7-16;;/h2-3,10,15H,4-7H2,1H3;2*1H/t10-;;/m0../s1. The number of piperazine rings is 1. The molecular weight excluding hydrogens is 320 g/mol. The molecule has 1 fully saturated rings. The average molecular weight is 337 g/mol. The molecule has 0 aliphatic carbocycles. The summed E-state index contributed by atoms with van der Waals surface area (Å²) in [7, 11) is 0. The molecule has 0 unspecified atom stereocenters. The maximum absolute atomic E-state index is 13.1. The normalized spacial score (nSPS) is 18.3. The van der Waals surface area contributed by atoms with Crippen molar-refractivity contribution in [2.75, 3.05) is 26.2 Å². The van der Waals surface area contributed by atoms with Gasteiger partial charge in [0.1, 0.15) is 6.04 Å². The van der Waals surface area contributed by atoms with Crippen molar-refractivity contribution >= 4 is 36.2 Å². The summed E-state index contributed by atoms with van der Waals surface area (Å²) in [6.45, 7) is 3.97. The lowest BCUT2D eigenvalue weighted by Crippen LogP contribution is -2.48. The van der Waals surface area contributed by atoms with Gasteiger partial charge in [-0.1, -0.05) is 0 Å². The highest BCUT2D eigenvalue weighted by molar-refractivity contribution is 7.12. The first-order valence-corrected chi connectivity index (χ1v) is 6.38. The number of halogens is 5. The van der Waals surface area contributed by atoms with Crippen molar-refractivity contribution in [3.63, 3.8) is 0 Å². The van der Waals surface area contributed by atoms with Crippen LogP contribution in [0, 0.1) is 6.92 Å². The van der Waals surface area contributed by atoms with Crippen molar-refractivity contribution in [3.8, 4) is 0 Å². The van der Waals surface area contributed by atoms with E-state index in [1.165, 1.54) is 16.2 Å². The number of aryl methyl sites for hydroxylation is 1. The second-order valence-corrected chi connectivity index (χ2v) is 5.50. The minimum atomic E-state index is -4.20. The molecule has 0 saturated carbocycles. The Labute approximate surface area is 127 Å². The van der Waals surface area contributed by atoms with E-state index in [1.807, 2.05) is 6.92 Å². The van der Waals surface area contributed by atoms with Gasteiger partial charge in [0.05, 0.1) is 0 Å². The van der Waals surface area contributed by atoms with E-state index < -0.39 is 12.2 Å². The zero-order valence-corrected chi connectivity index (χ0v) is 12.8. The Bertz CT molecular complexity index is 378. The lowest BCUT2D eigenvalue weighted by molar-refractivity contribution is -0.186. The van der Waals surface area contributed by atoms with E-state index in [0.29, 0.717) is 31.1 Å². The molecule has 1 aromatic rings. The SMILES string of the molecule is Cc1ccc([C@H](N2CCNCC2)C(F)(F)F)s1.Cl.Cl. The van der Waals surface area contributed by atoms with Crippen LogP contribution in [0.25, 0.3) is 0 Å². The molecular formula is C11H17Cl2F3N2S. The molecule has 0 aromatic carbocycles. The van der Waals surface area contributed by atoms with Crippen LogP contribution in [0.2, 0.25) is 0 Å². The first-order valence-electron chi connectivity index (χ1n) is 5.56. The van der Waals surface area contributed by atoms with Crippen molar-refractivity contribution in [1.29, 1.82) is 0 Å². The lowest BCUT2D eigenvalue weighted by atomic mass is 10.1. The van der Waals surface area contributed by atoms with Gasteiger partial charge in [0, 0.05) is 35.9 Å². The van der Waals surface area contributed by atoms with Gasteiger partial charge in [-0.25, -0.2) is 0 Å². The maximum Gasteiger partial charge on any atom is 0.408 e. The first kappa shape index (κ1) is 19.0. The summed E-state index contributed by atoms with van der Waals surface area (Å²) in [6, 6.07) is 1.91. The zero-order chi connectivity index (χ0) is 12.5. The summed E-state index contributed by atoms with van der Waals surface area (Å²) in [5.41, 5.74) is 0. The lowest BCUT2D eigenvalue weighted by Gasteiger charge is -2.35. The van der Waals surface area contributed by atoms with Gasteiger partial charge in [0.25, 0.3) is 0 Å². The third-order valence-electron chi connectivity index (χ3n) is 2.86. The summed E-state index contributed by atoms with van der Waals surface area (Å²) >= 11 is 1.23. The summed E-state index contributed by atoms with van der Waals surface area (Å²) < 4.78 is 39.4. The molecule has 1 N–H and O–H groups in total. The summed E-state index contributed by atoms with van der Waals surface area (Å²) in [5, 5.41) is 3.07. The molecule has 1 saturated heterocycles. The molecule has 112 valence electrons. The largest absolute Gasteiger partial charge is 0.408 e. The van der Waals surface area contributed by atoms with Crippen molar-refractivity contribution < 1.29 is 13.2 Å². The molecule has 2 rings (SSSR count). The number of rotatable bonds is 2. The van der Waals surface area contributed by atoms with E-state index in [4.69, 9.17) is 0 Å². The predicted octanol–water partition coefficient (Wildman–Crippen LogP) is 3.41.